The second-order valence-corrected chi connectivity index (χ2v) is 6.25. The lowest BCUT2D eigenvalue weighted by molar-refractivity contribution is 0.158. The van der Waals surface area contributed by atoms with Gasteiger partial charge in [-0.15, -0.1) is 0 Å². The highest BCUT2D eigenvalue weighted by Gasteiger charge is 2.22. The number of halogens is 2. The van der Waals surface area contributed by atoms with Crippen LogP contribution in [0.15, 0.2) is 6.07 Å². The van der Waals surface area contributed by atoms with Gasteiger partial charge in [0.1, 0.15) is 5.15 Å². The normalized spacial score (nSPS) is 19.6. The van der Waals surface area contributed by atoms with Crippen LogP contribution in [-0.2, 0) is 6.54 Å². The second-order valence-electron chi connectivity index (χ2n) is 5.49. The second kappa shape index (κ2) is 7.60. The smallest absolute Gasteiger partial charge is 0.135 e. The first kappa shape index (κ1) is 16.0. The number of aromatic nitrogens is 1. The van der Waals surface area contributed by atoms with Crippen molar-refractivity contribution in [2.75, 3.05) is 19.6 Å². The van der Waals surface area contributed by atoms with Crippen molar-refractivity contribution in [3.63, 3.8) is 0 Å². The first-order valence-corrected chi connectivity index (χ1v) is 8.13. The van der Waals surface area contributed by atoms with Crippen LogP contribution in [0.5, 0.6) is 0 Å². The van der Waals surface area contributed by atoms with Crippen LogP contribution < -0.4 is 5.32 Å². The number of hydrogen-bond donors (Lipinski definition) is 1. The first-order chi connectivity index (χ1) is 9.61. The molecule has 1 unspecified atom stereocenters. The van der Waals surface area contributed by atoms with Gasteiger partial charge in [-0.25, -0.2) is 4.98 Å². The third kappa shape index (κ3) is 4.08. The van der Waals surface area contributed by atoms with Crippen LogP contribution in [0, 0.1) is 6.92 Å². The number of aryl methyl sites for hydroxylation is 1. The molecule has 2 heterocycles. The van der Waals surface area contributed by atoms with Gasteiger partial charge in [-0.3, -0.25) is 4.90 Å². The SMILES string of the molecule is CCCN(Cc1c(Cl)cc(C)nc1Cl)C1CCCNC1. The molecular weight excluding hydrogens is 293 g/mol. The Morgan fingerprint density at radius 3 is 2.85 bits per heavy atom. The number of pyridine rings is 1. The molecule has 1 aliphatic heterocycles. The van der Waals surface area contributed by atoms with Gasteiger partial charge in [0, 0.05) is 35.4 Å². The lowest BCUT2D eigenvalue weighted by Gasteiger charge is -2.34. The highest BCUT2D eigenvalue weighted by molar-refractivity contribution is 6.35. The van der Waals surface area contributed by atoms with Gasteiger partial charge in [0.05, 0.1) is 0 Å². The maximum atomic E-state index is 6.35. The molecule has 1 saturated heterocycles. The highest BCUT2D eigenvalue weighted by Crippen LogP contribution is 2.26. The maximum Gasteiger partial charge on any atom is 0.135 e. The zero-order chi connectivity index (χ0) is 14.5. The van der Waals surface area contributed by atoms with Crippen LogP contribution >= 0.6 is 23.2 Å². The van der Waals surface area contributed by atoms with E-state index in [2.05, 4.69) is 22.1 Å². The van der Waals surface area contributed by atoms with Crippen molar-refractivity contribution in [2.24, 2.45) is 0 Å². The minimum Gasteiger partial charge on any atom is -0.315 e. The third-order valence-electron chi connectivity index (χ3n) is 3.81. The Hall–Kier alpha value is -0.350. The molecule has 3 nitrogen and oxygen atoms in total. The summed E-state index contributed by atoms with van der Waals surface area (Å²) in [6, 6.07) is 2.46. The lowest BCUT2D eigenvalue weighted by Crippen LogP contribution is -2.46. The van der Waals surface area contributed by atoms with E-state index < -0.39 is 0 Å². The summed E-state index contributed by atoms with van der Waals surface area (Å²) in [6.45, 7) is 8.15. The summed E-state index contributed by atoms with van der Waals surface area (Å²) in [4.78, 5) is 6.81. The molecule has 0 aliphatic carbocycles. The van der Waals surface area contributed by atoms with E-state index in [1.165, 1.54) is 12.8 Å². The monoisotopic (exact) mass is 315 g/mol. The van der Waals surface area contributed by atoms with E-state index in [-0.39, 0.29) is 0 Å². The number of nitrogens with one attached hydrogen (secondary N) is 1. The van der Waals surface area contributed by atoms with Crippen molar-refractivity contribution in [3.05, 3.63) is 27.5 Å². The van der Waals surface area contributed by atoms with Crippen LogP contribution in [0.3, 0.4) is 0 Å². The van der Waals surface area contributed by atoms with Crippen molar-refractivity contribution in [2.45, 2.75) is 45.7 Å². The Labute approximate surface area is 131 Å². The van der Waals surface area contributed by atoms with Gasteiger partial charge in [-0.05, 0) is 45.3 Å². The summed E-state index contributed by atoms with van der Waals surface area (Å²) >= 11 is 12.6. The number of hydrogen-bond acceptors (Lipinski definition) is 3. The Morgan fingerprint density at radius 1 is 1.45 bits per heavy atom. The van der Waals surface area contributed by atoms with Crippen molar-refractivity contribution >= 4 is 23.2 Å². The summed E-state index contributed by atoms with van der Waals surface area (Å²) in [5.74, 6) is 0. The van der Waals surface area contributed by atoms with Crippen molar-refractivity contribution in [1.82, 2.24) is 15.2 Å². The van der Waals surface area contributed by atoms with Crippen LogP contribution in [-0.4, -0.2) is 35.6 Å². The topological polar surface area (TPSA) is 28.2 Å². The molecule has 112 valence electrons. The number of rotatable bonds is 5. The molecule has 0 saturated carbocycles. The molecule has 1 aliphatic rings. The van der Waals surface area contributed by atoms with E-state index >= 15 is 0 Å². The fourth-order valence-corrected chi connectivity index (χ4v) is 3.44. The Kier molecular flexibility index (Phi) is 6.09. The molecule has 0 spiro atoms. The summed E-state index contributed by atoms with van der Waals surface area (Å²) in [6.07, 6.45) is 3.60. The maximum absolute atomic E-state index is 6.35. The first-order valence-electron chi connectivity index (χ1n) is 7.38. The van der Waals surface area contributed by atoms with Crippen LogP contribution in [0.1, 0.15) is 37.4 Å². The fraction of sp³-hybridized carbons (Fsp3) is 0.667. The Balaban J connectivity index is 2.15. The van der Waals surface area contributed by atoms with E-state index in [9.17, 15) is 0 Å². The van der Waals surface area contributed by atoms with Gasteiger partial charge < -0.3 is 5.32 Å². The van der Waals surface area contributed by atoms with Crippen molar-refractivity contribution in [3.8, 4) is 0 Å². The minimum atomic E-state index is 0.542. The molecule has 1 aromatic heterocycles. The predicted molar refractivity (Wildman–Crippen MR) is 85.6 cm³/mol. The van der Waals surface area contributed by atoms with E-state index in [1.807, 2.05) is 13.0 Å². The molecule has 1 fully saturated rings. The summed E-state index contributed by atoms with van der Waals surface area (Å²) in [5.41, 5.74) is 1.82. The van der Waals surface area contributed by atoms with Gasteiger partial charge in [0.15, 0.2) is 0 Å². The quantitative estimate of drug-likeness (QED) is 0.840. The lowest BCUT2D eigenvalue weighted by atomic mass is 10.0. The molecule has 0 amide bonds. The molecule has 0 bridgehead atoms. The van der Waals surface area contributed by atoms with Gasteiger partial charge >= 0.3 is 0 Å². The molecule has 20 heavy (non-hydrogen) atoms. The average molecular weight is 316 g/mol. The third-order valence-corrected chi connectivity index (χ3v) is 4.46. The highest BCUT2D eigenvalue weighted by atomic mass is 35.5. The van der Waals surface area contributed by atoms with Gasteiger partial charge in [0.2, 0.25) is 0 Å². The molecule has 0 aromatic carbocycles. The number of piperidine rings is 1. The molecular formula is C15H23Cl2N3. The molecule has 1 N–H and O–H groups in total. The van der Waals surface area contributed by atoms with Crippen molar-refractivity contribution in [1.29, 1.82) is 0 Å². The molecule has 0 radical (unpaired) electrons. The van der Waals surface area contributed by atoms with E-state index in [0.29, 0.717) is 11.2 Å². The zero-order valence-electron chi connectivity index (χ0n) is 12.3. The summed E-state index contributed by atoms with van der Waals surface area (Å²) < 4.78 is 0. The molecule has 1 aromatic rings. The standard InChI is InChI=1S/C15H23Cl2N3/c1-3-7-20(12-5-4-6-18-9-12)10-13-14(16)8-11(2)19-15(13)17/h8,12,18H,3-7,9-10H2,1-2H3. The van der Waals surface area contributed by atoms with Gasteiger partial charge in [-0.1, -0.05) is 30.1 Å². The molecule has 5 heteroatoms. The van der Waals surface area contributed by atoms with Crippen LogP contribution in [0.2, 0.25) is 10.2 Å². The zero-order valence-corrected chi connectivity index (χ0v) is 13.8. The molecule has 1 atom stereocenters. The molecule has 2 rings (SSSR count). The Bertz CT molecular complexity index is 422. The predicted octanol–water partition coefficient (Wildman–Crippen LogP) is 3.66. The van der Waals surface area contributed by atoms with Crippen molar-refractivity contribution < 1.29 is 0 Å². The minimum absolute atomic E-state index is 0.542. The summed E-state index contributed by atoms with van der Waals surface area (Å²) in [5, 5.41) is 4.75. The largest absolute Gasteiger partial charge is 0.315 e. The Morgan fingerprint density at radius 2 is 2.25 bits per heavy atom. The van der Waals surface area contributed by atoms with Gasteiger partial charge in [0.25, 0.3) is 0 Å². The van der Waals surface area contributed by atoms with E-state index in [4.69, 9.17) is 23.2 Å². The van der Waals surface area contributed by atoms with E-state index in [1.54, 1.807) is 0 Å². The van der Waals surface area contributed by atoms with E-state index in [0.717, 1.165) is 48.9 Å². The van der Waals surface area contributed by atoms with Gasteiger partial charge in [-0.2, -0.15) is 0 Å². The van der Waals surface area contributed by atoms with Crippen LogP contribution in [0.25, 0.3) is 0 Å². The average Bonchev–Trinajstić information content (AvgIpc) is 2.42. The number of nitrogens with zero attached hydrogens (tertiary/aromatic N) is 2. The summed E-state index contributed by atoms with van der Waals surface area (Å²) in [7, 11) is 0. The fourth-order valence-electron chi connectivity index (χ4n) is 2.79. The van der Waals surface area contributed by atoms with Crippen LogP contribution in [0.4, 0.5) is 0 Å².